The molecule has 4 aromatic heterocycles. The van der Waals surface area contributed by atoms with Crippen LogP contribution in [0.3, 0.4) is 0 Å². The van der Waals surface area contributed by atoms with E-state index in [1.165, 1.54) is 0 Å². The zero-order chi connectivity index (χ0) is 45.0. The molecule has 318 valence electrons. The maximum atomic E-state index is 5.39. The van der Waals surface area contributed by atoms with E-state index >= 15 is 0 Å². The number of hydrogen-bond donors (Lipinski definition) is 0. The van der Waals surface area contributed by atoms with E-state index in [0.29, 0.717) is 23.4 Å². The van der Waals surface area contributed by atoms with E-state index < -0.39 is 0 Å². The van der Waals surface area contributed by atoms with Gasteiger partial charge in [-0.3, -0.25) is 4.57 Å². The molecule has 7 nitrogen and oxygen atoms in total. The van der Waals surface area contributed by atoms with E-state index in [9.17, 15) is 0 Å². The minimum Gasteiger partial charge on any atom is -0.307 e. The highest BCUT2D eigenvalue weighted by molar-refractivity contribution is 6.23. The van der Waals surface area contributed by atoms with E-state index in [4.69, 9.17) is 24.9 Å². The summed E-state index contributed by atoms with van der Waals surface area (Å²) in [4.78, 5) is 26.1. The number of para-hydroxylation sites is 2. The third kappa shape index (κ3) is 6.72. The molecule has 13 rings (SSSR count). The molecular weight excluding hydrogens is 831 g/mol. The number of hydrogen-bond acceptors (Lipinski definition) is 5. The molecule has 0 fully saturated rings. The SMILES string of the molecule is c1ccc(-c2cccc(-c3nc(-c4ccccc4)nc(-n4c5ccccc5c5ccc6c7ccccc7n(-c7ccc(-c8cc(-c9ccccc9)nc(-c9ccccc9)n8)cc7)c6c54)n3)c2)cc1. The Kier molecular flexibility index (Phi) is 9.35. The highest BCUT2D eigenvalue weighted by atomic mass is 15.2. The van der Waals surface area contributed by atoms with E-state index in [0.717, 1.165) is 99.6 Å². The first kappa shape index (κ1) is 39.1. The van der Waals surface area contributed by atoms with Crippen LogP contribution in [0, 0.1) is 0 Å². The van der Waals surface area contributed by atoms with Crippen LogP contribution >= 0.6 is 0 Å². The summed E-state index contributed by atoms with van der Waals surface area (Å²) >= 11 is 0. The number of nitrogens with zero attached hydrogens (tertiary/aromatic N) is 7. The summed E-state index contributed by atoms with van der Waals surface area (Å²) in [5, 5.41) is 4.49. The van der Waals surface area contributed by atoms with Gasteiger partial charge in [0.25, 0.3) is 0 Å². The standard InChI is InChI=1S/C61H39N7/c1-5-18-40(19-6-1)45-26-17-27-46(38-45)60-64-59(44-24-11-4-12-25-44)65-61(66-60)68-55-31-16-14-29-49(55)51-37-36-50-48-28-13-15-30-54(48)67(56(50)57(51)68)47-34-32-42(33-35-47)53-39-52(41-20-7-2-8-21-41)62-58(63-53)43-22-9-3-10-23-43/h1-39H. The maximum absolute atomic E-state index is 5.39. The van der Waals surface area contributed by atoms with Crippen LogP contribution in [0.5, 0.6) is 0 Å². The molecular formula is C61H39N7. The molecule has 7 heteroatoms. The van der Waals surface area contributed by atoms with Gasteiger partial charge < -0.3 is 4.57 Å². The second kappa shape index (κ2) is 16.3. The lowest BCUT2D eigenvalue weighted by Gasteiger charge is -2.14. The van der Waals surface area contributed by atoms with Gasteiger partial charge in [0.2, 0.25) is 5.95 Å². The molecule has 0 saturated heterocycles. The van der Waals surface area contributed by atoms with Crippen molar-refractivity contribution in [2.75, 3.05) is 0 Å². The summed E-state index contributed by atoms with van der Waals surface area (Å²) in [7, 11) is 0. The zero-order valence-corrected chi connectivity index (χ0v) is 36.6. The lowest BCUT2D eigenvalue weighted by Crippen LogP contribution is -2.07. The van der Waals surface area contributed by atoms with Crippen LogP contribution in [0.1, 0.15) is 0 Å². The average Bonchev–Trinajstić information content (AvgIpc) is 3.95. The van der Waals surface area contributed by atoms with Gasteiger partial charge in [0, 0.05) is 55.0 Å². The number of fused-ring (bicyclic) bond motifs is 7. The second-order valence-electron chi connectivity index (χ2n) is 16.9. The summed E-state index contributed by atoms with van der Waals surface area (Å²) < 4.78 is 4.63. The first-order valence-electron chi connectivity index (χ1n) is 22.8. The van der Waals surface area contributed by atoms with Gasteiger partial charge in [-0.1, -0.05) is 200 Å². The molecule has 0 amide bonds. The molecule has 0 aliphatic carbocycles. The monoisotopic (exact) mass is 869 g/mol. The largest absolute Gasteiger partial charge is 0.307 e. The molecule has 4 heterocycles. The van der Waals surface area contributed by atoms with E-state index in [1.54, 1.807) is 0 Å². The highest BCUT2D eigenvalue weighted by Crippen LogP contribution is 2.42. The van der Waals surface area contributed by atoms with Crippen molar-refractivity contribution < 1.29 is 0 Å². The Morgan fingerprint density at radius 1 is 0.250 bits per heavy atom. The lowest BCUT2D eigenvalue weighted by atomic mass is 10.0. The fourth-order valence-electron chi connectivity index (χ4n) is 9.60. The van der Waals surface area contributed by atoms with Crippen LogP contribution in [-0.4, -0.2) is 34.1 Å². The molecule has 0 spiro atoms. The summed E-state index contributed by atoms with van der Waals surface area (Å²) in [6, 6.07) is 82.1. The fourth-order valence-corrected chi connectivity index (χ4v) is 9.60. The Morgan fingerprint density at radius 3 is 1.26 bits per heavy atom. The second-order valence-corrected chi connectivity index (χ2v) is 16.9. The molecule has 0 atom stereocenters. The molecule has 0 saturated carbocycles. The molecule has 0 radical (unpaired) electrons. The summed E-state index contributed by atoms with van der Waals surface area (Å²) in [6.07, 6.45) is 0. The molecule has 13 aromatic rings. The molecule has 68 heavy (non-hydrogen) atoms. The predicted octanol–water partition coefficient (Wildman–Crippen LogP) is 14.9. The number of rotatable bonds is 8. The lowest BCUT2D eigenvalue weighted by molar-refractivity contribution is 0.953. The van der Waals surface area contributed by atoms with Crippen molar-refractivity contribution in [3.8, 4) is 79.4 Å². The molecule has 0 unspecified atom stereocenters. The Balaban J connectivity index is 1.04. The molecule has 9 aromatic carbocycles. The topological polar surface area (TPSA) is 74.3 Å². The first-order chi connectivity index (χ1) is 33.7. The minimum atomic E-state index is 0.539. The van der Waals surface area contributed by atoms with Crippen molar-refractivity contribution in [1.29, 1.82) is 0 Å². The summed E-state index contributed by atoms with van der Waals surface area (Å²) in [5.74, 6) is 2.42. The van der Waals surface area contributed by atoms with Crippen molar-refractivity contribution in [3.63, 3.8) is 0 Å². The molecule has 0 aliphatic heterocycles. The quantitative estimate of drug-likeness (QED) is 0.152. The van der Waals surface area contributed by atoms with Crippen molar-refractivity contribution in [2.45, 2.75) is 0 Å². The van der Waals surface area contributed by atoms with Crippen LogP contribution in [0.25, 0.3) is 123 Å². The third-order valence-corrected chi connectivity index (χ3v) is 12.8. The number of aromatic nitrogens is 7. The Labute approximate surface area is 392 Å². The van der Waals surface area contributed by atoms with Crippen LogP contribution in [0.15, 0.2) is 237 Å². The van der Waals surface area contributed by atoms with Gasteiger partial charge in [-0.15, -0.1) is 0 Å². The normalized spacial score (nSPS) is 11.5. The van der Waals surface area contributed by atoms with Crippen molar-refractivity contribution in [2.24, 2.45) is 0 Å². The smallest absolute Gasteiger partial charge is 0.238 e. The van der Waals surface area contributed by atoms with Gasteiger partial charge in [0.15, 0.2) is 17.5 Å². The van der Waals surface area contributed by atoms with E-state index in [2.05, 4.69) is 185 Å². The molecule has 0 bridgehead atoms. The molecule has 0 N–H and O–H groups in total. The van der Waals surface area contributed by atoms with Gasteiger partial charge in [-0.2, -0.15) is 9.97 Å². The highest BCUT2D eigenvalue weighted by Gasteiger charge is 2.24. The molecule has 0 aliphatic rings. The third-order valence-electron chi connectivity index (χ3n) is 12.8. The van der Waals surface area contributed by atoms with Crippen LogP contribution in [0.2, 0.25) is 0 Å². The predicted molar refractivity (Wildman–Crippen MR) is 277 cm³/mol. The van der Waals surface area contributed by atoms with E-state index in [-0.39, 0.29) is 0 Å². The summed E-state index contributed by atoms with van der Waals surface area (Å²) in [6.45, 7) is 0. The van der Waals surface area contributed by atoms with Crippen LogP contribution in [0.4, 0.5) is 0 Å². The van der Waals surface area contributed by atoms with Crippen LogP contribution in [-0.2, 0) is 0 Å². The first-order valence-corrected chi connectivity index (χ1v) is 22.8. The van der Waals surface area contributed by atoms with Crippen LogP contribution < -0.4 is 0 Å². The van der Waals surface area contributed by atoms with Gasteiger partial charge in [0.05, 0.1) is 33.5 Å². The summed E-state index contributed by atoms with van der Waals surface area (Å²) in [5.41, 5.74) is 13.9. The van der Waals surface area contributed by atoms with E-state index in [1.807, 2.05) is 60.7 Å². The Morgan fingerprint density at radius 2 is 0.676 bits per heavy atom. The maximum Gasteiger partial charge on any atom is 0.238 e. The van der Waals surface area contributed by atoms with Crippen molar-refractivity contribution in [1.82, 2.24) is 34.1 Å². The number of benzene rings is 9. The van der Waals surface area contributed by atoms with Gasteiger partial charge >= 0.3 is 0 Å². The van der Waals surface area contributed by atoms with Crippen molar-refractivity contribution >= 4 is 43.6 Å². The minimum absolute atomic E-state index is 0.539. The van der Waals surface area contributed by atoms with Gasteiger partial charge in [-0.05, 0) is 47.5 Å². The fraction of sp³-hybridized carbons (Fsp3) is 0. The van der Waals surface area contributed by atoms with Gasteiger partial charge in [0.1, 0.15) is 0 Å². The average molecular weight is 870 g/mol. The van der Waals surface area contributed by atoms with Crippen molar-refractivity contribution in [3.05, 3.63) is 237 Å². The zero-order valence-electron chi connectivity index (χ0n) is 36.6. The Hall–Kier alpha value is -9.33. The Bertz CT molecular complexity index is 3940. The van der Waals surface area contributed by atoms with Gasteiger partial charge in [-0.25, -0.2) is 15.0 Å².